The van der Waals surface area contributed by atoms with Gasteiger partial charge in [0.1, 0.15) is 5.75 Å². The molecule has 1 heterocycles. The molecule has 0 aliphatic heterocycles. The Morgan fingerprint density at radius 3 is 2.48 bits per heavy atom. The van der Waals surface area contributed by atoms with Crippen molar-refractivity contribution in [3.05, 3.63) is 71.9 Å². The number of benzene rings is 2. The van der Waals surface area contributed by atoms with Crippen molar-refractivity contribution >= 4 is 0 Å². The third kappa shape index (κ3) is 4.20. The molecule has 0 atom stereocenters. The van der Waals surface area contributed by atoms with Crippen molar-refractivity contribution in [2.75, 3.05) is 6.61 Å². The molecule has 0 unspecified atom stereocenters. The van der Waals surface area contributed by atoms with Gasteiger partial charge in [0.05, 0.1) is 24.6 Å². The predicted octanol–water partition coefficient (Wildman–Crippen LogP) is 3.58. The minimum absolute atomic E-state index is 0.0321. The van der Waals surface area contributed by atoms with E-state index in [4.69, 9.17) is 9.84 Å². The lowest BCUT2D eigenvalue weighted by Crippen LogP contribution is -1.99. The molecule has 1 aromatic heterocycles. The molecule has 0 radical (unpaired) electrons. The highest BCUT2D eigenvalue weighted by Crippen LogP contribution is 2.21. The van der Waals surface area contributed by atoms with Crippen LogP contribution in [0.4, 0.5) is 0 Å². The van der Waals surface area contributed by atoms with Crippen molar-refractivity contribution < 1.29 is 9.84 Å². The number of H-pyrrole nitrogens is 1. The zero-order valence-corrected chi connectivity index (χ0v) is 12.9. The van der Waals surface area contributed by atoms with Crippen molar-refractivity contribution in [2.45, 2.75) is 19.4 Å². The highest BCUT2D eigenvalue weighted by atomic mass is 16.5. The van der Waals surface area contributed by atoms with Crippen LogP contribution in [0.5, 0.6) is 5.75 Å². The van der Waals surface area contributed by atoms with Gasteiger partial charge in [-0.15, -0.1) is 0 Å². The van der Waals surface area contributed by atoms with Crippen LogP contribution in [0.3, 0.4) is 0 Å². The standard InChI is InChI=1S/C19H20N2O2/c22-14-17-13-19(21-20-17)16-8-10-18(11-9-16)23-12-4-7-15-5-2-1-3-6-15/h1-3,5-6,8-11,13,22H,4,7,12,14H2,(H,20,21). The lowest BCUT2D eigenvalue weighted by molar-refractivity contribution is 0.276. The Hall–Kier alpha value is -2.59. The third-order valence-electron chi connectivity index (χ3n) is 3.67. The average Bonchev–Trinajstić information content (AvgIpc) is 3.09. The number of ether oxygens (including phenoxy) is 1. The van der Waals surface area contributed by atoms with E-state index in [1.165, 1.54) is 5.56 Å². The molecule has 0 spiro atoms. The summed E-state index contributed by atoms with van der Waals surface area (Å²) in [5.74, 6) is 0.861. The van der Waals surface area contributed by atoms with Crippen LogP contribution in [0.15, 0.2) is 60.7 Å². The number of aromatic amines is 1. The summed E-state index contributed by atoms with van der Waals surface area (Å²) in [5.41, 5.74) is 3.87. The summed E-state index contributed by atoms with van der Waals surface area (Å²) >= 11 is 0. The monoisotopic (exact) mass is 308 g/mol. The van der Waals surface area contributed by atoms with Crippen molar-refractivity contribution in [2.24, 2.45) is 0 Å². The van der Waals surface area contributed by atoms with Crippen LogP contribution in [0.25, 0.3) is 11.3 Å². The molecule has 118 valence electrons. The summed E-state index contributed by atoms with van der Waals surface area (Å²) < 4.78 is 5.78. The molecule has 2 N–H and O–H groups in total. The second-order valence-corrected chi connectivity index (χ2v) is 5.40. The summed E-state index contributed by atoms with van der Waals surface area (Å²) in [7, 11) is 0. The predicted molar refractivity (Wildman–Crippen MR) is 90.2 cm³/mol. The van der Waals surface area contributed by atoms with Gasteiger partial charge in [-0.1, -0.05) is 30.3 Å². The van der Waals surface area contributed by atoms with Crippen molar-refractivity contribution in [1.29, 1.82) is 0 Å². The molecular weight excluding hydrogens is 288 g/mol. The van der Waals surface area contributed by atoms with Gasteiger partial charge >= 0.3 is 0 Å². The van der Waals surface area contributed by atoms with Gasteiger partial charge in [0.25, 0.3) is 0 Å². The second kappa shape index (κ2) is 7.61. The number of hydrogen-bond acceptors (Lipinski definition) is 3. The first-order valence-electron chi connectivity index (χ1n) is 7.77. The lowest BCUT2D eigenvalue weighted by atomic mass is 10.1. The van der Waals surface area contributed by atoms with Crippen molar-refractivity contribution in [3.63, 3.8) is 0 Å². The van der Waals surface area contributed by atoms with E-state index >= 15 is 0 Å². The number of rotatable bonds is 7. The molecule has 0 fully saturated rings. The number of aliphatic hydroxyl groups excluding tert-OH is 1. The summed E-state index contributed by atoms with van der Waals surface area (Å²) in [6.07, 6.45) is 2.02. The number of aryl methyl sites for hydroxylation is 1. The van der Waals surface area contributed by atoms with E-state index in [9.17, 15) is 0 Å². The van der Waals surface area contributed by atoms with Crippen LogP contribution in [-0.2, 0) is 13.0 Å². The first-order valence-corrected chi connectivity index (χ1v) is 7.77. The van der Waals surface area contributed by atoms with Crippen LogP contribution in [0.1, 0.15) is 17.7 Å². The molecule has 2 aromatic carbocycles. The smallest absolute Gasteiger partial charge is 0.119 e. The highest BCUT2D eigenvalue weighted by molar-refractivity contribution is 5.60. The zero-order chi connectivity index (χ0) is 15.9. The molecule has 0 saturated heterocycles. The summed E-state index contributed by atoms with van der Waals surface area (Å²) in [6, 6.07) is 20.1. The van der Waals surface area contributed by atoms with Gasteiger partial charge in [0.2, 0.25) is 0 Å². The third-order valence-corrected chi connectivity index (χ3v) is 3.67. The maximum absolute atomic E-state index is 9.05. The zero-order valence-electron chi connectivity index (χ0n) is 12.9. The molecular formula is C19H20N2O2. The molecule has 3 rings (SSSR count). The maximum Gasteiger partial charge on any atom is 0.119 e. The van der Waals surface area contributed by atoms with Crippen LogP contribution in [0.2, 0.25) is 0 Å². The normalized spacial score (nSPS) is 10.7. The Labute approximate surface area is 135 Å². The topological polar surface area (TPSA) is 58.1 Å². The molecule has 3 aromatic rings. The second-order valence-electron chi connectivity index (χ2n) is 5.40. The summed E-state index contributed by atoms with van der Waals surface area (Å²) in [5, 5.41) is 16.0. The van der Waals surface area contributed by atoms with E-state index in [1.807, 2.05) is 36.4 Å². The molecule has 0 saturated carbocycles. The Morgan fingerprint density at radius 2 is 1.78 bits per heavy atom. The fraction of sp³-hybridized carbons (Fsp3) is 0.211. The Kier molecular flexibility index (Phi) is 5.06. The van der Waals surface area contributed by atoms with Gasteiger partial charge in [-0.25, -0.2) is 0 Å². The van der Waals surface area contributed by atoms with Gasteiger partial charge in [-0.05, 0) is 48.7 Å². The Bertz CT molecular complexity index is 721. The van der Waals surface area contributed by atoms with Crippen molar-refractivity contribution in [1.82, 2.24) is 10.2 Å². The number of nitrogens with zero attached hydrogens (tertiary/aromatic N) is 1. The van der Waals surface area contributed by atoms with Gasteiger partial charge in [0, 0.05) is 5.56 Å². The quantitative estimate of drug-likeness (QED) is 0.656. The van der Waals surface area contributed by atoms with E-state index in [-0.39, 0.29) is 6.61 Å². The van der Waals surface area contributed by atoms with Crippen LogP contribution in [-0.4, -0.2) is 21.9 Å². The number of aromatic nitrogens is 2. The van der Waals surface area contributed by atoms with E-state index in [1.54, 1.807) is 0 Å². The van der Waals surface area contributed by atoms with Gasteiger partial charge in [0.15, 0.2) is 0 Å². The fourth-order valence-corrected chi connectivity index (χ4v) is 2.42. The van der Waals surface area contributed by atoms with Crippen molar-refractivity contribution in [3.8, 4) is 17.0 Å². The minimum Gasteiger partial charge on any atom is -0.494 e. The van der Waals surface area contributed by atoms with Crippen LogP contribution < -0.4 is 4.74 Å². The van der Waals surface area contributed by atoms with E-state index in [2.05, 4.69) is 34.5 Å². The minimum atomic E-state index is -0.0321. The molecule has 4 heteroatoms. The highest BCUT2D eigenvalue weighted by Gasteiger charge is 2.03. The molecule has 23 heavy (non-hydrogen) atoms. The van der Waals surface area contributed by atoms with Crippen LogP contribution >= 0.6 is 0 Å². The Balaban J connectivity index is 1.49. The number of hydrogen-bond donors (Lipinski definition) is 2. The van der Waals surface area contributed by atoms with Crippen LogP contribution in [0, 0.1) is 0 Å². The SMILES string of the molecule is OCc1cc(-c2ccc(OCCCc3ccccc3)cc2)n[nH]1. The first-order chi connectivity index (χ1) is 11.3. The number of aliphatic hydroxyl groups is 1. The largest absolute Gasteiger partial charge is 0.494 e. The number of nitrogens with one attached hydrogen (secondary N) is 1. The summed E-state index contributed by atoms with van der Waals surface area (Å²) in [6.45, 7) is 0.668. The lowest BCUT2D eigenvalue weighted by Gasteiger charge is -2.07. The van der Waals surface area contributed by atoms with E-state index in [0.717, 1.165) is 29.8 Å². The molecule has 4 nitrogen and oxygen atoms in total. The van der Waals surface area contributed by atoms with Gasteiger partial charge < -0.3 is 9.84 Å². The van der Waals surface area contributed by atoms with Gasteiger partial charge in [-0.2, -0.15) is 5.10 Å². The van der Waals surface area contributed by atoms with Gasteiger partial charge in [-0.3, -0.25) is 5.10 Å². The molecule has 0 bridgehead atoms. The summed E-state index contributed by atoms with van der Waals surface area (Å²) in [4.78, 5) is 0. The molecule has 0 aliphatic rings. The van der Waals surface area contributed by atoms with E-state index < -0.39 is 0 Å². The molecule has 0 amide bonds. The average molecular weight is 308 g/mol. The first kappa shape index (κ1) is 15.3. The maximum atomic E-state index is 9.05. The molecule has 0 aliphatic carbocycles. The van der Waals surface area contributed by atoms with E-state index in [0.29, 0.717) is 12.3 Å². The fourth-order valence-electron chi connectivity index (χ4n) is 2.42. The Morgan fingerprint density at radius 1 is 1.00 bits per heavy atom.